The minimum atomic E-state index is 0.154. The van der Waals surface area contributed by atoms with Crippen molar-refractivity contribution >= 4 is 11.5 Å². The van der Waals surface area contributed by atoms with Gasteiger partial charge in [0.25, 0.3) is 0 Å². The van der Waals surface area contributed by atoms with E-state index in [2.05, 4.69) is 36.1 Å². The van der Waals surface area contributed by atoms with Crippen LogP contribution in [0.3, 0.4) is 0 Å². The summed E-state index contributed by atoms with van der Waals surface area (Å²) in [6, 6.07) is 5.16. The van der Waals surface area contributed by atoms with Gasteiger partial charge in [0, 0.05) is 32.2 Å². The van der Waals surface area contributed by atoms with Crippen LogP contribution in [-0.4, -0.2) is 60.9 Å². The Morgan fingerprint density at radius 2 is 2.19 bits per heavy atom. The Morgan fingerprint density at radius 3 is 2.81 bits per heavy atom. The minimum Gasteiger partial charge on any atom is -0.395 e. The number of aromatic nitrogens is 1. The molecule has 2 N–H and O–H groups in total. The molecule has 1 aliphatic rings. The van der Waals surface area contributed by atoms with E-state index in [-0.39, 0.29) is 6.61 Å². The zero-order valence-corrected chi connectivity index (χ0v) is 13.6. The van der Waals surface area contributed by atoms with Crippen LogP contribution >= 0.6 is 0 Å². The predicted octanol–water partition coefficient (Wildman–Crippen LogP) is 1.65. The van der Waals surface area contributed by atoms with Crippen molar-refractivity contribution in [2.24, 2.45) is 5.92 Å². The lowest BCUT2D eigenvalue weighted by atomic mass is 9.90. The van der Waals surface area contributed by atoms with E-state index in [1.54, 1.807) is 0 Å². The lowest BCUT2D eigenvalue weighted by Crippen LogP contribution is -2.48. The van der Waals surface area contributed by atoms with E-state index in [1.807, 2.05) is 30.3 Å². The topological polar surface area (TPSA) is 51.6 Å². The quantitative estimate of drug-likeness (QED) is 0.864. The van der Waals surface area contributed by atoms with Gasteiger partial charge in [0.2, 0.25) is 0 Å². The molecule has 1 aromatic rings. The summed E-state index contributed by atoms with van der Waals surface area (Å²) in [6.45, 7) is 6.47. The summed E-state index contributed by atoms with van der Waals surface area (Å²) in [5.41, 5.74) is 1.03. The first-order valence-electron chi connectivity index (χ1n) is 7.76. The van der Waals surface area contributed by atoms with Gasteiger partial charge in [0.1, 0.15) is 5.82 Å². The average molecular weight is 292 g/mol. The number of pyridine rings is 1. The number of aliphatic hydroxyl groups excluding tert-OH is 1. The van der Waals surface area contributed by atoms with E-state index in [4.69, 9.17) is 5.11 Å². The molecule has 118 valence electrons. The Bertz CT molecular complexity index is 436. The molecule has 21 heavy (non-hydrogen) atoms. The molecular weight excluding hydrogens is 264 g/mol. The summed E-state index contributed by atoms with van der Waals surface area (Å²) in [5.74, 6) is 1.55. The van der Waals surface area contributed by atoms with E-state index < -0.39 is 0 Å². The molecule has 1 aromatic heterocycles. The van der Waals surface area contributed by atoms with Gasteiger partial charge in [0.05, 0.1) is 18.5 Å². The van der Waals surface area contributed by atoms with E-state index >= 15 is 0 Å². The van der Waals surface area contributed by atoms with Crippen molar-refractivity contribution < 1.29 is 5.11 Å². The van der Waals surface area contributed by atoms with Gasteiger partial charge in [-0.15, -0.1) is 0 Å². The van der Waals surface area contributed by atoms with Gasteiger partial charge in [-0.25, -0.2) is 4.98 Å². The van der Waals surface area contributed by atoms with Crippen molar-refractivity contribution in [1.82, 2.24) is 9.88 Å². The molecule has 0 bridgehead atoms. The molecule has 0 spiro atoms. The van der Waals surface area contributed by atoms with Crippen LogP contribution in [0, 0.1) is 5.92 Å². The first kappa shape index (κ1) is 16.0. The number of likely N-dealkylation sites (N-methyl/N-ethyl adjacent to an activating group) is 1. The first-order chi connectivity index (χ1) is 10.0. The summed E-state index contributed by atoms with van der Waals surface area (Å²) in [5, 5.41) is 12.5. The zero-order valence-electron chi connectivity index (χ0n) is 13.6. The van der Waals surface area contributed by atoms with E-state index in [0.29, 0.717) is 24.5 Å². The van der Waals surface area contributed by atoms with Crippen LogP contribution in [0.15, 0.2) is 18.3 Å². The Morgan fingerprint density at radius 1 is 1.43 bits per heavy atom. The summed E-state index contributed by atoms with van der Waals surface area (Å²) in [4.78, 5) is 8.92. The summed E-state index contributed by atoms with van der Waals surface area (Å²) in [7, 11) is 4.16. The Hall–Kier alpha value is -1.33. The second kappa shape index (κ2) is 7.09. The third-order valence-corrected chi connectivity index (χ3v) is 4.57. The lowest BCUT2D eigenvalue weighted by Gasteiger charge is -2.40. The van der Waals surface area contributed by atoms with E-state index in [1.165, 1.54) is 0 Å². The number of nitrogens with zero attached hydrogens (tertiary/aromatic N) is 3. The highest BCUT2D eigenvalue weighted by atomic mass is 16.3. The van der Waals surface area contributed by atoms with Gasteiger partial charge in [0.15, 0.2) is 0 Å². The number of piperidine rings is 1. The maximum atomic E-state index is 8.97. The molecule has 0 aliphatic carbocycles. The standard InChI is InChI=1S/C16H28N4O/c1-12-11-20(4)13(2)9-15(12)18-16-6-5-14(10-17-16)19(3)7-8-21/h5-6,10,12-13,15,21H,7-9,11H2,1-4H3,(H,17,18). The van der Waals surface area contributed by atoms with Gasteiger partial charge in [-0.2, -0.15) is 0 Å². The third-order valence-electron chi connectivity index (χ3n) is 4.57. The predicted molar refractivity (Wildman–Crippen MR) is 87.9 cm³/mol. The highest BCUT2D eigenvalue weighted by Gasteiger charge is 2.28. The molecule has 0 saturated carbocycles. The highest BCUT2D eigenvalue weighted by molar-refractivity contribution is 5.49. The lowest BCUT2D eigenvalue weighted by molar-refractivity contribution is 0.145. The smallest absolute Gasteiger partial charge is 0.126 e. The third kappa shape index (κ3) is 4.08. The maximum Gasteiger partial charge on any atom is 0.126 e. The summed E-state index contributed by atoms with van der Waals surface area (Å²) < 4.78 is 0. The second-order valence-corrected chi connectivity index (χ2v) is 6.30. The molecule has 1 fully saturated rings. The summed E-state index contributed by atoms with van der Waals surface area (Å²) in [6.07, 6.45) is 3.01. The molecule has 1 aliphatic heterocycles. The van der Waals surface area contributed by atoms with Crippen LogP contribution in [0.2, 0.25) is 0 Å². The van der Waals surface area contributed by atoms with Crippen LogP contribution in [0.25, 0.3) is 0 Å². The fourth-order valence-electron chi connectivity index (χ4n) is 2.91. The van der Waals surface area contributed by atoms with Crippen molar-refractivity contribution in [3.63, 3.8) is 0 Å². The normalized spacial score (nSPS) is 26.6. The van der Waals surface area contributed by atoms with Gasteiger partial charge in [-0.05, 0) is 38.4 Å². The van der Waals surface area contributed by atoms with Gasteiger partial charge < -0.3 is 20.2 Å². The highest BCUT2D eigenvalue weighted by Crippen LogP contribution is 2.24. The molecular formula is C16H28N4O. The number of nitrogens with one attached hydrogen (secondary N) is 1. The molecule has 5 nitrogen and oxygen atoms in total. The van der Waals surface area contributed by atoms with Crippen LogP contribution in [0.5, 0.6) is 0 Å². The Labute approximate surface area is 128 Å². The van der Waals surface area contributed by atoms with Crippen molar-refractivity contribution in [2.75, 3.05) is 44.0 Å². The van der Waals surface area contributed by atoms with Crippen molar-refractivity contribution in [2.45, 2.75) is 32.4 Å². The minimum absolute atomic E-state index is 0.154. The Balaban J connectivity index is 1.97. The van der Waals surface area contributed by atoms with E-state index in [0.717, 1.165) is 24.5 Å². The molecule has 0 radical (unpaired) electrons. The van der Waals surface area contributed by atoms with Crippen molar-refractivity contribution in [3.8, 4) is 0 Å². The average Bonchev–Trinajstić information content (AvgIpc) is 2.46. The number of anilines is 2. The monoisotopic (exact) mass is 292 g/mol. The molecule has 0 aromatic carbocycles. The largest absolute Gasteiger partial charge is 0.395 e. The van der Waals surface area contributed by atoms with Crippen LogP contribution < -0.4 is 10.2 Å². The molecule has 1 saturated heterocycles. The fraction of sp³-hybridized carbons (Fsp3) is 0.688. The Kier molecular flexibility index (Phi) is 5.42. The van der Waals surface area contributed by atoms with Crippen molar-refractivity contribution in [3.05, 3.63) is 18.3 Å². The van der Waals surface area contributed by atoms with Crippen molar-refractivity contribution in [1.29, 1.82) is 0 Å². The van der Waals surface area contributed by atoms with Crippen LogP contribution in [0.1, 0.15) is 20.3 Å². The molecule has 3 atom stereocenters. The number of likely N-dealkylation sites (tertiary alicyclic amines) is 1. The molecule has 2 rings (SSSR count). The fourth-order valence-corrected chi connectivity index (χ4v) is 2.91. The maximum absolute atomic E-state index is 8.97. The first-order valence-corrected chi connectivity index (χ1v) is 7.76. The molecule has 2 heterocycles. The van der Waals surface area contributed by atoms with Crippen LogP contribution in [-0.2, 0) is 0 Å². The van der Waals surface area contributed by atoms with Gasteiger partial charge in [-0.3, -0.25) is 0 Å². The number of aliphatic hydroxyl groups is 1. The van der Waals surface area contributed by atoms with Gasteiger partial charge in [-0.1, -0.05) is 6.92 Å². The summed E-state index contributed by atoms with van der Waals surface area (Å²) >= 11 is 0. The number of hydrogen-bond acceptors (Lipinski definition) is 5. The zero-order chi connectivity index (χ0) is 15.4. The molecule has 5 heteroatoms. The number of hydrogen-bond donors (Lipinski definition) is 2. The van der Waals surface area contributed by atoms with Crippen LogP contribution in [0.4, 0.5) is 11.5 Å². The SMILES string of the molecule is CC1CN(C)C(C)CC1Nc1ccc(N(C)CCO)cn1. The molecule has 0 amide bonds. The van der Waals surface area contributed by atoms with E-state index in [9.17, 15) is 0 Å². The van der Waals surface area contributed by atoms with Gasteiger partial charge >= 0.3 is 0 Å². The second-order valence-electron chi connectivity index (χ2n) is 6.30. The molecule has 3 unspecified atom stereocenters. The number of rotatable bonds is 5.